The Labute approximate surface area is 123 Å². The van der Waals surface area contributed by atoms with E-state index in [4.69, 9.17) is 14.7 Å². The molecule has 1 aromatic heterocycles. The van der Waals surface area contributed by atoms with Crippen LogP contribution in [0.2, 0.25) is 0 Å². The molecule has 108 valence electrons. The van der Waals surface area contributed by atoms with E-state index in [-0.39, 0.29) is 0 Å². The van der Waals surface area contributed by atoms with E-state index in [1.807, 2.05) is 36.2 Å². The summed E-state index contributed by atoms with van der Waals surface area (Å²) in [6, 6.07) is 7.63. The highest BCUT2D eigenvalue weighted by Crippen LogP contribution is 2.26. The van der Waals surface area contributed by atoms with Crippen LogP contribution in [0.3, 0.4) is 0 Å². The Morgan fingerprint density at radius 2 is 1.95 bits per heavy atom. The zero-order valence-electron chi connectivity index (χ0n) is 12.2. The van der Waals surface area contributed by atoms with Gasteiger partial charge in [0.15, 0.2) is 11.5 Å². The summed E-state index contributed by atoms with van der Waals surface area (Å²) in [4.78, 5) is 10.1. The van der Waals surface area contributed by atoms with Crippen molar-refractivity contribution in [1.29, 1.82) is 5.26 Å². The molecule has 0 spiro atoms. The first-order valence-electron chi connectivity index (χ1n) is 6.32. The molecule has 0 fully saturated rings. The van der Waals surface area contributed by atoms with E-state index in [9.17, 15) is 0 Å². The van der Waals surface area contributed by atoms with E-state index in [1.165, 1.54) is 6.20 Å². The molecule has 1 aromatic carbocycles. The summed E-state index contributed by atoms with van der Waals surface area (Å²) >= 11 is 0. The molecule has 0 bridgehead atoms. The van der Waals surface area contributed by atoms with Crippen LogP contribution in [0.1, 0.15) is 11.3 Å². The van der Waals surface area contributed by atoms with Gasteiger partial charge in [-0.05, 0) is 18.2 Å². The quantitative estimate of drug-likeness (QED) is 0.836. The molecule has 0 atom stereocenters. The third-order valence-electron chi connectivity index (χ3n) is 3.04. The third kappa shape index (κ3) is 3.20. The van der Waals surface area contributed by atoms with E-state index in [0.29, 0.717) is 18.1 Å². The fourth-order valence-corrected chi connectivity index (χ4v) is 2.02. The second-order valence-electron chi connectivity index (χ2n) is 4.37. The molecule has 0 aliphatic rings. The fourth-order valence-electron chi connectivity index (χ4n) is 2.02. The summed E-state index contributed by atoms with van der Waals surface area (Å²) < 4.78 is 10.6. The number of nitriles is 1. The SMILES string of the molecule is COc1ccc(OC)c(CN(C)c2nccnc2C#N)c1. The third-order valence-corrected chi connectivity index (χ3v) is 3.04. The van der Waals surface area contributed by atoms with Crippen molar-refractivity contribution in [2.24, 2.45) is 0 Å². The molecule has 0 amide bonds. The maximum Gasteiger partial charge on any atom is 0.183 e. The van der Waals surface area contributed by atoms with Gasteiger partial charge in [-0.2, -0.15) is 5.26 Å². The first kappa shape index (κ1) is 14.6. The molecule has 1 heterocycles. The lowest BCUT2D eigenvalue weighted by Gasteiger charge is -2.20. The van der Waals surface area contributed by atoms with E-state index in [2.05, 4.69) is 9.97 Å². The largest absolute Gasteiger partial charge is 0.497 e. The maximum atomic E-state index is 9.09. The highest BCUT2D eigenvalue weighted by molar-refractivity contribution is 5.51. The molecule has 0 radical (unpaired) electrons. The predicted octanol–water partition coefficient (Wildman–Crippen LogP) is 2.00. The zero-order chi connectivity index (χ0) is 15.2. The standard InChI is InChI=1S/C15H16N4O2/c1-19(15-13(9-16)17-6-7-18-15)10-11-8-12(20-2)4-5-14(11)21-3/h4-8H,10H2,1-3H3. The minimum atomic E-state index is 0.293. The Balaban J connectivity index is 2.31. The van der Waals surface area contributed by atoms with Gasteiger partial charge in [0.05, 0.1) is 14.2 Å². The number of anilines is 1. The average molecular weight is 284 g/mol. The van der Waals surface area contributed by atoms with Crippen molar-refractivity contribution < 1.29 is 9.47 Å². The van der Waals surface area contributed by atoms with Crippen LogP contribution >= 0.6 is 0 Å². The number of methoxy groups -OCH3 is 2. The molecular weight excluding hydrogens is 268 g/mol. The number of nitrogens with zero attached hydrogens (tertiary/aromatic N) is 4. The second kappa shape index (κ2) is 6.57. The van der Waals surface area contributed by atoms with Crippen LogP contribution < -0.4 is 14.4 Å². The summed E-state index contributed by atoms with van der Waals surface area (Å²) in [5.74, 6) is 2.04. The Morgan fingerprint density at radius 3 is 2.62 bits per heavy atom. The topological polar surface area (TPSA) is 71.3 Å². The lowest BCUT2D eigenvalue weighted by Crippen LogP contribution is -2.19. The van der Waals surface area contributed by atoms with Crippen LogP contribution in [-0.4, -0.2) is 31.2 Å². The highest BCUT2D eigenvalue weighted by Gasteiger charge is 2.13. The van der Waals surface area contributed by atoms with Gasteiger partial charge in [-0.1, -0.05) is 0 Å². The van der Waals surface area contributed by atoms with Crippen LogP contribution in [0.15, 0.2) is 30.6 Å². The Morgan fingerprint density at radius 1 is 1.19 bits per heavy atom. The van der Waals surface area contributed by atoms with Crippen molar-refractivity contribution in [3.8, 4) is 17.6 Å². The number of aromatic nitrogens is 2. The summed E-state index contributed by atoms with van der Waals surface area (Å²) in [5, 5.41) is 9.09. The number of hydrogen-bond donors (Lipinski definition) is 0. The smallest absolute Gasteiger partial charge is 0.183 e. The molecule has 0 N–H and O–H groups in total. The number of rotatable bonds is 5. The normalized spacial score (nSPS) is 9.81. The number of benzene rings is 1. The van der Waals surface area contributed by atoms with Crippen molar-refractivity contribution in [3.05, 3.63) is 41.9 Å². The van der Waals surface area contributed by atoms with E-state index in [1.54, 1.807) is 20.4 Å². The molecule has 2 rings (SSSR count). The molecule has 6 heteroatoms. The lowest BCUT2D eigenvalue weighted by molar-refractivity contribution is 0.398. The monoisotopic (exact) mass is 284 g/mol. The van der Waals surface area contributed by atoms with Crippen molar-refractivity contribution in [2.45, 2.75) is 6.54 Å². The van der Waals surface area contributed by atoms with Crippen LogP contribution in [0.25, 0.3) is 0 Å². The molecular formula is C15H16N4O2. The molecule has 0 saturated heterocycles. The summed E-state index contributed by atoms with van der Waals surface area (Å²) in [5.41, 5.74) is 1.23. The molecule has 21 heavy (non-hydrogen) atoms. The molecule has 6 nitrogen and oxygen atoms in total. The predicted molar refractivity (Wildman–Crippen MR) is 78.4 cm³/mol. The Kier molecular flexibility index (Phi) is 4.57. The highest BCUT2D eigenvalue weighted by atomic mass is 16.5. The first-order chi connectivity index (χ1) is 10.2. The van der Waals surface area contributed by atoms with Crippen molar-refractivity contribution in [3.63, 3.8) is 0 Å². The second-order valence-corrected chi connectivity index (χ2v) is 4.37. The zero-order valence-corrected chi connectivity index (χ0v) is 12.2. The van der Waals surface area contributed by atoms with E-state index < -0.39 is 0 Å². The number of hydrogen-bond acceptors (Lipinski definition) is 6. The van der Waals surface area contributed by atoms with Gasteiger partial charge in [-0.25, -0.2) is 9.97 Å². The minimum absolute atomic E-state index is 0.293. The number of ether oxygens (including phenoxy) is 2. The van der Waals surface area contributed by atoms with Gasteiger partial charge in [-0.15, -0.1) is 0 Å². The molecule has 2 aromatic rings. The van der Waals surface area contributed by atoms with Gasteiger partial charge < -0.3 is 14.4 Å². The van der Waals surface area contributed by atoms with Crippen molar-refractivity contribution in [2.75, 3.05) is 26.2 Å². The van der Waals surface area contributed by atoms with Gasteiger partial charge in [0.2, 0.25) is 0 Å². The summed E-state index contributed by atoms with van der Waals surface area (Å²) in [6.45, 7) is 0.522. The van der Waals surface area contributed by atoms with E-state index >= 15 is 0 Å². The van der Waals surface area contributed by atoms with Gasteiger partial charge >= 0.3 is 0 Å². The van der Waals surface area contributed by atoms with Crippen LogP contribution in [0.5, 0.6) is 11.5 Å². The first-order valence-corrected chi connectivity index (χ1v) is 6.32. The van der Waals surface area contributed by atoms with Crippen LogP contribution in [-0.2, 0) is 6.54 Å². The van der Waals surface area contributed by atoms with Gasteiger partial charge in [0.1, 0.15) is 17.6 Å². The van der Waals surface area contributed by atoms with E-state index in [0.717, 1.165) is 17.1 Å². The average Bonchev–Trinajstić information content (AvgIpc) is 2.54. The maximum absolute atomic E-state index is 9.09. The fraction of sp³-hybridized carbons (Fsp3) is 0.267. The van der Waals surface area contributed by atoms with Gasteiger partial charge in [0.25, 0.3) is 0 Å². The summed E-state index contributed by atoms with van der Waals surface area (Å²) in [7, 11) is 5.09. The molecule has 0 unspecified atom stereocenters. The van der Waals surface area contributed by atoms with Gasteiger partial charge in [0, 0.05) is 31.5 Å². The molecule has 0 aliphatic carbocycles. The van der Waals surface area contributed by atoms with Crippen LogP contribution in [0.4, 0.5) is 5.82 Å². The van der Waals surface area contributed by atoms with Crippen molar-refractivity contribution >= 4 is 5.82 Å². The van der Waals surface area contributed by atoms with Crippen LogP contribution in [0, 0.1) is 11.3 Å². The molecule has 0 aliphatic heterocycles. The summed E-state index contributed by atoms with van der Waals surface area (Å²) in [6.07, 6.45) is 3.07. The molecule has 0 saturated carbocycles. The Bertz CT molecular complexity index is 667. The minimum Gasteiger partial charge on any atom is -0.497 e. The van der Waals surface area contributed by atoms with Crippen molar-refractivity contribution in [1.82, 2.24) is 9.97 Å². The Hall–Kier alpha value is -2.81. The lowest BCUT2D eigenvalue weighted by atomic mass is 10.1. The van der Waals surface area contributed by atoms with Gasteiger partial charge in [-0.3, -0.25) is 0 Å².